The van der Waals surface area contributed by atoms with Crippen LogP contribution in [0.15, 0.2) is 28.8 Å². The highest BCUT2D eigenvalue weighted by Crippen LogP contribution is 2.34. The minimum atomic E-state index is 0.343. The minimum Gasteiger partial charge on any atom is -0.497 e. The van der Waals surface area contributed by atoms with Crippen molar-refractivity contribution in [2.75, 3.05) is 26.7 Å². The van der Waals surface area contributed by atoms with E-state index >= 15 is 0 Å². The van der Waals surface area contributed by atoms with E-state index in [1.165, 1.54) is 56.3 Å². The van der Waals surface area contributed by atoms with E-state index in [0.717, 1.165) is 49.7 Å². The number of nitrogens with zero attached hydrogens (tertiary/aromatic N) is 3. The van der Waals surface area contributed by atoms with Gasteiger partial charge in [-0.05, 0) is 75.0 Å². The molecule has 0 radical (unpaired) electrons. The molecule has 5 nitrogen and oxygen atoms in total. The van der Waals surface area contributed by atoms with Gasteiger partial charge in [0.1, 0.15) is 5.75 Å². The molecule has 0 unspecified atom stereocenters. The Kier molecular flexibility index (Phi) is 6.88. The van der Waals surface area contributed by atoms with Crippen molar-refractivity contribution in [3.8, 4) is 5.75 Å². The van der Waals surface area contributed by atoms with E-state index in [2.05, 4.69) is 46.1 Å². The quantitative estimate of drug-likeness (QED) is 0.661. The maximum absolute atomic E-state index is 5.69. The molecule has 2 fully saturated rings. The zero-order valence-corrected chi connectivity index (χ0v) is 18.0. The van der Waals surface area contributed by atoms with Crippen LogP contribution in [0.3, 0.4) is 0 Å². The van der Waals surface area contributed by atoms with E-state index in [-0.39, 0.29) is 0 Å². The van der Waals surface area contributed by atoms with Crippen LogP contribution in [0.25, 0.3) is 0 Å². The molecule has 1 atom stereocenters. The number of benzene rings is 1. The first-order valence-corrected chi connectivity index (χ1v) is 11.3. The van der Waals surface area contributed by atoms with Crippen molar-refractivity contribution in [3.05, 3.63) is 46.8 Å². The maximum atomic E-state index is 5.69. The predicted molar refractivity (Wildman–Crippen MR) is 115 cm³/mol. The Balaban J connectivity index is 1.52. The molecule has 4 rings (SSSR count). The number of aryl methyl sites for hydroxylation is 1. The van der Waals surface area contributed by atoms with Crippen LogP contribution in [0.2, 0.25) is 0 Å². The summed E-state index contributed by atoms with van der Waals surface area (Å²) in [7, 11) is 1.76. The Labute approximate surface area is 175 Å². The van der Waals surface area contributed by atoms with Gasteiger partial charge in [0, 0.05) is 19.2 Å². The molecule has 2 aromatic rings. The first-order valence-electron chi connectivity index (χ1n) is 11.3. The molecule has 1 aromatic carbocycles. The summed E-state index contributed by atoms with van der Waals surface area (Å²) < 4.78 is 11.2. The van der Waals surface area contributed by atoms with E-state index in [9.17, 15) is 0 Å². The van der Waals surface area contributed by atoms with Crippen LogP contribution >= 0.6 is 0 Å². The van der Waals surface area contributed by atoms with Crippen molar-refractivity contribution in [2.24, 2.45) is 0 Å². The van der Waals surface area contributed by atoms with Gasteiger partial charge in [0.05, 0.1) is 18.8 Å². The Bertz CT molecular complexity index is 780. The van der Waals surface area contributed by atoms with Gasteiger partial charge in [0.2, 0.25) is 0 Å². The second-order valence-corrected chi connectivity index (χ2v) is 8.53. The van der Waals surface area contributed by atoms with Crippen molar-refractivity contribution in [1.82, 2.24) is 15.0 Å². The first-order chi connectivity index (χ1) is 14.3. The third kappa shape index (κ3) is 5.01. The normalized spacial score (nSPS) is 21.4. The Morgan fingerprint density at radius 2 is 1.83 bits per heavy atom. The van der Waals surface area contributed by atoms with Crippen LogP contribution in [0, 0.1) is 0 Å². The molecular formula is C24H35N3O2. The molecule has 29 heavy (non-hydrogen) atoms. The lowest BCUT2D eigenvalue weighted by Crippen LogP contribution is -2.27. The summed E-state index contributed by atoms with van der Waals surface area (Å²) in [5.74, 6) is 1.99. The lowest BCUT2D eigenvalue weighted by atomic mass is 10.0. The zero-order chi connectivity index (χ0) is 20.1. The Morgan fingerprint density at radius 3 is 2.55 bits per heavy atom. The highest BCUT2D eigenvalue weighted by Gasteiger charge is 2.30. The largest absolute Gasteiger partial charge is 0.497 e. The van der Waals surface area contributed by atoms with Crippen LogP contribution in [0.1, 0.15) is 74.1 Å². The number of hydrogen-bond acceptors (Lipinski definition) is 5. The molecule has 3 heterocycles. The second-order valence-electron chi connectivity index (χ2n) is 8.53. The fourth-order valence-corrected chi connectivity index (χ4v) is 4.77. The van der Waals surface area contributed by atoms with Gasteiger partial charge in [-0.3, -0.25) is 9.80 Å². The molecular weight excluding hydrogens is 362 g/mol. The fourth-order valence-electron chi connectivity index (χ4n) is 4.77. The lowest BCUT2D eigenvalue weighted by molar-refractivity contribution is 0.204. The SMILES string of the molecule is CCc1cc([C@@H]2CCCN2Cc2ccc(OC)cc2CN2CCCCCC2)on1. The Morgan fingerprint density at radius 1 is 1.00 bits per heavy atom. The fraction of sp³-hybridized carbons (Fsp3) is 0.625. The summed E-state index contributed by atoms with van der Waals surface area (Å²) in [6.45, 7) is 7.64. The van der Waals surface area contributed by atoms with Crippen LogP contribution in [-0.4, -0.2) is 41.7 Å². The van der Waals surface area contributed by atoms with Gasteiger partial charge in [-0.1, -0.05) is 31.0 Å². The summed E-state index contributed by atoms with van der Waals surface area (Å²) in [6.07, 6.45) is 8.66. The molecule has 0 spiro atoms. The van der Waals surface area contributed by atoms with Crippen LogP contribution < -0.4 is 4.74 Å². The average Bonchev–Trinajstić information content (AvgIpc) is 3.33. The van der Waals surface area contributed by atoms with Crippen molar-refractivity contribution in [3.63, 3.8) is 0 Å². The molecule has 0 saturated carbocycles. The van der Waals surface area contributed by atoms with Gasteiger partial charge in [-0.15, -0.1) is 0 Å². The van der Waals surface area contributed by atoms with Crippen molar-refractivity contribution in [2.45, 2.75) is 71.0 Å². The zero-order valence-electron chi connectivity index (χ0n) is 18.0. The van der Waals surface area contributed by atoms with Crippen LogP contribution in [-0.2, 0) is 19.5 Å². The molecule has 0 N–H and O–H groups in total. The Hall–Kier alpha value is -1.85. The molecule has 158 valence electrons. The maximum Gasteiger partial charge on any atom is 0.154 e. The third-order valence-electron chi connectivity index (χ3n) is 6.51. The monoisotopic (exact) mass is 397 g/mol. The topological polar surface area (TPSA) is 41.7 Å². The third-order valence-corrected chi connectivity index (χ3v) is 6.51. The molecule has 2 aliphatic heterocycles. The van der Waals surface area contributed by atoms with E-state index in [4.69, 9.17) is 9.26 Å². The van der Waals surface area contributed by atoms with Crippen LogP contribution in [0.5, 0.6) is 5.75 Å². The smallest absolute Gasteiger partial charge is 0.154 e. The van der Waals surface area contributed by atoms with Gasteiger partial charge >= 0.3 is 0 Å². The molecule has 5 heteroatoms. The summed E-state index contributed by atoms with van der Waals surface area (Å²) in [6, 6.07) is 9.11. The standard InChI is InChI=1S/C24H35N3O2/c1-3-21-16-24(29-25-21)23-9-8-14-27(23)18-19-10-11-22(28-2)15-20(19)17-26-12-6-4-5-7-13-26/h10-11,15-16,23H,3-9,12-14,17-18H2,1-2H3/t23-/m0/s1. The van der Waals surface area contributed by atoms with Crippen molar-refractivity contribution >= 4 is 0 Å². The molecule has 0 aliphatic carbocycles. The van der Waals surface area contributed by atoms with Gasteiger partial charge < -0.3 is 9.26 Å². The van der Waals surface area contributed by atoms with E-state index < -0.39 is 0 Å². The number of methoxy groups -OCH3 is 1. The number of likely N-dealkylation sites (tertiary alicyclic amines) is 2. The summed E-state index contributed by atoms with van der Waals surface area (Å²) in [5, 5.41) is 4.22. The van der Waals surface area contributed by atoms with Crippen molar-refractivity contribution in [1.29, 1.82) is 0 Å². The summed E-state index contributed by atoms with van der Waals surface area (Å²) in [4.78, 5) is 5.18. The molecule has 2 aliphatic rings. The number of aromatic nitrogens is 1. The first kappa shape index (κ1) is 20.4. The molecule has 1 aromatic heterocycles. The average molecular weight is 398 g/mol. The number of ether oxygens (including phenoxy) is 1. The van der Waals surface area contributed by atoms with Crippen LogP contribution in [0.4, 0.5) is 0 Å². The van der Waals surface area contributed by atoms with Crippen molar-refractivity contribution < 1.29 is 9.26 Å². The van der Waals surface area contributed by atoms with E-state index in [0.29, 0.717) is 6.04 Å². The van der Waals surface area contributed by atoms with Gasteiger partial charge in [-0.2, -0.15) is 0 Å². The number of rotatable bonds is 7. The highest BCUT2D eigenvalue weighted by atomic mass is 16.5. The van der Waals surface area contributed by atoms with Gasteiger partial charge in [-0.25, -0.2) is 0 Å². The highest BCUT2D eigenvalue weighted by molar-refractivity contribution is 5.36. The van der Waals surface area contributed by atoms with E-state index in [1.807, 2.05) is 0 Å². The minimum absolute atomic E-state index is 0.343. The van der Waals surface area contributed by atoms with Gasteiger partial charge in [0.25, 0.3) is 0 Å². The number of hydrogen-bond donors (Lipinski definition) is 0. The van der Waals surface area contributed by atoms with E-state index in [1.54, 1.807) is 7.11 Å². The lowest BCUT2D eigenvalue weighted by Gasteiger charge is -2.26. The molecule has 2 saturated heterocycles. The molecule has 0 bridgehead atoms. The summed E-state index contributed by atoms with van der Waals surface area (Å²) >= 11 is 0. The predicted octanol–water partition coefficient (Wildman–Crippen LogP) is 4.96. The second kappa shape index (κ2) is 9.77. The summed E-state index contributed by atoms with van der Waals surface area (Å²) in [5.41, 5.74) is 3.87. The molecule has 0 amide bonds. The van der Waals surface area contributed by atoms with Gasteiger partial charge in [0.15, 0.2) is 5.76 Å².